The van der Waals surface area contributed by atoms with Crippen LogP contribution in [-0.4, -0.2) is 37.8 Å². The van der Waals surface area contributed by atoms with E-state index in [4.69, 9.17) is 4.98 Å². The summed E-state index contributed by atoms with van der Waals surface area (Å²) in [4.78, 5) is 11.8. The average Bonchev–Trinajstić information content (AvgIpc) is 3.05. The van der Waals surface area contributed by atoms with E-state index in [0.717, 1.165) is 55.5 Å². The first-order valence-electron chi connectivity index (χ1n) is 10.8. The van der Waals surface area contributed by atoms with Crippen LogP contribution in [0.3, 0.4) is 0 Å². The Balaban J connectivity index is 1.42. The van der Waals surface area contributed by atoms with E-state index in [-0.39, 0.29) is 11.1 Å². The van der Waals surface area contributed by atoms with Gasteiger partial charge >= 0.3 is 0 Å². The van der Waals surface area contributed by atoms with Gasteiger partial charge in [-0.25, -0.2) is 9.97 Å². The molecule has 0 bridgehead atoms. The number of aromatic nitrogens is 2. The van der Waals surface area contributed by atoms with Gasteiger partial charge in [0, 0.05) is 28.2 Å². The number of hydrogen-bond donors (Lipinski definition) is 3. The molecule has 158 valence electrons. The molecule has 6 heteroatoms. The second kappa shape index (κ2) is 7.64. The molecule has 0 atom stereocenters. The van der Waals surface area contributed by atoms with E-state index in [1.807, 2.05) is 12.3 Å². The zero-order valence-electron chi connectivity index (χ0n) is 18.1. The zero-order valence-corrected chi connectivity index (χ0v) is 18.9. The van der Waals surface area contributed by atoms with Gasteiger partial charge in [0.25, 0.3) is 0 Å². The summed E-state index contributed by atoms with van der Waals surface area (Å²) in [6, 6.07) is 6.65. The molecule has 0 spiro atoms. The quantitative estimate of drug-likeness (QED) is 0.635. The molecule has 1 saturated heterocycles. The minimum Gasteiger partial charge on any atom is -0.390 e. The second-order valence-electron chi connectivity index (χ2n) is 10.3. The number of aryl methyl sites for hydroxylation is 1. The predicted octanol–water partition coefficient (Wildman–Crippen LogP) is 4.77. The zero-order chi connectivity index (χ0) is 20.7. The third-order valence-corrected chi connectivity index (χ3v) is 7.38. The molecule has 2 aliphatic rings. The van der Waals surface area contributed by atoms with Crippen molar-refractivity contribution in [1.82, 2.24) is 15.3 Å². The van der Waals surface area contributed by atoms with Crippen molar-refractivity contribution in [1.29, 1.82) is 0 Å². The van der Waals surface area contributed by atoms with Crippen molar-refractivity contribution in [2.24, 2.45) is 0 Å². The third-order valence-electron chi connectivity index (χ3n) is 6.21. The van der Waals surface area contributed by atoms with Crippen molar-refractivity contribution in [3.63, 3.8) is 0 Å². The molecule has 29 heavy (non-hydrogen) atoms. The van der Waals surface area contributed by atoms with Crippen LogP contribution in [0, 0.1) is 0 Å². The Kier molecular flexibility index (Phi) is 5.47. The van der Waals surface area contributed by atoms with Gasteiger partial charge in [-0.1, -0.05) is 0 Å². The Morgan fingerprint density at radius 1 is 1.14 bits per heavy atom. The van der Waals surface area contributed by atoms with Crippen molar-refractivity contribution >= 4 is 17.3 Å². The summed E-state index contributed by atoms with van der Waals surface area (Å²) < 4.78 is 0. The molecule has 2 aromatic rings. The Labute approximate surface area is 178 Å². The molecule has 1 aliphatic heterocycles. The van der Waals surface area contributed by atoms with E-state index >= 15 is 0 Å². The highest BCUT2D eigenvalue weighted by atomic mass is 32.1. The topological polar surface area (TPSA) is 70.1 Å². The van der Waals surface area contributed by atoms with Crippen LogP contribution < -0.4 is 10.6 Å². The molecule has 3 N–H and O–H groups in total. The fourth-order valence-corrected chi connectivity index (χ4v) is 5.99. The minimum atomic E-state index is -0.410. The van der Waals surface area contributed by atoms with Gasteiger partial charge in [-0.3, -0.25) is 0 Å². The van der Waals surface area contributed by atoms with Crippen molar-refractivity contribution in [3.05, 3.63) is 29.3 Å². The number of nitrogens with zero attached hydrogens (tertiary/aromatic N) is 2. The summed E-state index contributed by atoms with van der Waals surface area (Å²) >= 11 is 1.78. The van der Waals surface area contributed by atoms with Gasteiger partial charge in [0.2, 0.25) is 5.95 Å². The van der Waals surface area contributed by atoms with E-state index in [0.29, 0.717) is 12.0 Å². The predicted molar refractivity (Wildman–Crippen MR) is 120 cm³/mol. The minimum absolute atomic E-state index is 0.0875. The highest BCUT2D eigenvalue weighted by Crippen LogP contribution is 2.37. The van der Waals surface area contributed by atoms with Crippen molar-refractivity contribution in [3.8, 4) is 10.6 Å². The SMILES string of the molecule is CC1(C)CC(Nc2nccc(-c3ccc(CCC4(O)CCC4)s3)n2)CC(C)(C)N1. The maximum atomic E-state index is 10.3. The molecule has 5 nitrogen and oxygen atoms in total. The van der Waals surface area contributed by atoms with Crippen LogP contribution in [0.1, 0.15) is 71.1 Å². The number of rotatable bonds is 6. The first kappa shape index (κ1) is 20.8. The lowest BCUT2D eigenvalue weighted by Crippen LogP contribution is -2.60. The molecule has 4 rings (SSSR count). The number of aliphatic hydroxyl groups is 1. The van der Waals surface area contributed by atoms with Gasteiger partial charge in [-0.2, -0.15) is 0 Å². The smallest absolute Gasteiger partial charge is 0.223 e. The molecule has 0 amide bonds. The van der Waals surface area contributed by atoms with Gasteiger partial charge in [0.1, 0.15) is 0 Å². The third kappa shape index (κ3) is 5.16. The average molecular weight is 415 g/mol. The Morgan fingerprint density at radius 2 is 1.86 bits per heavy atom. The molecule has 2 aromatic heterocycles. The maximum Gasteiger partial charge on any atom is 0.223 e. The summed E-state index contributed by atoms with van der Waals surface area (Å²) in [7, 11) is 0. The van der Waals surface area contributed by atoms with Crippen LogP contribution in [0.15, 0.2) is 24.4 Å². The highest BCUT2D eigenvalue weighted by Gasteiger charge is 2.38. The summed E-state index contributed by atoms with van der Waals surface area (Å²) in [5.74, 6) is 0.708. The second-order valence-corrected chi connectivity index (χ2v) is 11.4. The van der Waals surface area contributed by atoms with Crippen molar-refractivity contribution < 1.29 is 5.11 Å². The lowest BCUT2D eigenvalue weighted by molar-refractivity contribution is -0.0396. The summed E-state index contributed by atoms with van der Waals surface area (Å²) in [6.07, 6.45) is 8.80. The molecule has 0 radical (unpaired) electrons. The van der Waals surface area contributed by atoms with E-state index in [9.17, 15) is 5.11 Å². The summed E-state index contributed by atoms with van der Waals surface area (Å²) in [5.41, 5.74) is 0.731. The molecule has 3 heterocycles. The van der Waals surface area contributed by atoms with Crippen LogP contribution in [0.4, 0.5) is 5.95 Å². The fraction of sp³-hybridized carbons (Fsp3) is 0.652. The Morgan fingerprint density at radius 3 is 2.52 bits per heavy atom. The number of thiophene rings is 1. The Bertz CT molecular complexity index is 840. The lowest BCUT2D eigenvalue weighted by atomic mass is 9.77. The summed E-state index contributed by atoms with van der Waals surface area (Å²) in [6.45, 7) is 9.03. The van der Waals surface area contributed by atoms with Crippen LogP contribution in [-0.2, 0) is 6.42 Å². The summed E-state index contributed by atoms with van der Waals surface area (Å²) in [5, 5.41) is 17.6. The van der Waals surface area contributed by atoms with Gasteiger partial charge in [-0.05, 0) is 90.8 Å². The monoisotopic (exact) mass is 414 g/mol. The normalized spacial score (nSPS) is 22.8. The molecule has 1 saturated carbocycles. The molecule has 1 aliphatic carbocycles. The van der Waals surface area contributed by atoms with E-state index in [1.165, 1.54) is 4.88 Å². The number of anilines is 1. The van der Waals surface area contributed by atoms with E-state index in [1.54, 1.807) is 11.3 Å². The molecule has 0 unspecified atom stereocenters. The van der Waals surface area contributed by atoms with E-state index in [2.05, 4.69) is 55.4 Å². The van der Waals surface area contributed by atoms with Crippen molar-refractivity contribution in [2.45, 2.75) is 95.4 Å². The number of hydrogen-bond acceptors (Lipinski definition) is 6. The van der Waals surface area contributed by atoms with Gasteiger partial charge in [-0.15, -0.1) is 11.3 Å². The largest absolute Gasteiger partial charge is 0.390 e. The number of nitrogens with one attached hydrogen (secondary N) is 2. The van der Waals surface area contributed by atoms with Crippen LogP contribution in [0.25, 0.3) is 10.6 Å². The van der Waals surface area contributed by atoms with Crippen molar-refractivity contribution in [2.75, 3.05) is 5.32 Å². The van der Waals surface area contributed by atoms with Gasteiger partial charge in [0.15, 0.2) is 0 Å². The first-order valence-corrected chi connectivity index (χ1v) is 11.6. The molecular weight excluding hydrogens is 380 g/mol. The van der Waals surface area contributed by atoms with Gasteiger partial charge < -0.3 is 15.7 Å². The van der Waals surface area contributed by atoms with Crippen LogP contribution >= 0.6 is 11.3 Å². The lowest BCUT2D eigenvalue weighted by Gasteiger charge is -2.46. The van der Waals surface area contributed by atoms with Gasteiger partial charge in [0.05, 0.1) is 16.2 Å². The fourth-order valence-electron chi connectivity index (χ4n) is 5.01. The van der Waals surface area contributed by atoms with Crippen LogP contribution in [0.2, 0.25) is 0 Å². The standard InChI is InChI=1S/C23H34N4OS/c1-21(2)14-16(15-22(3,4)27-21)25-20-24-13-9-18(26-20)19-7-6-17(29-19)8-12-23(28)10-5-11-23/h6-7,9,13,16,27-28H,5,8,10-12,14-15H2,1-4H3,(H,24,25,26). The Hall–Kier alpha value is -1.50. The first-order chi connectivity index (χ1) is 13.6. The van der Waals surface area contributed by atoms with E-state index < -0.39 is 5.60 Å². The maximum absolute atomic E-state index is 10.3. The van der Waals surface area contributed by atoms with Crippen LogP contribution in [0.5, 0.6) is 0 Å². The molecule has 2 fully saturated rings. The molecule has 0 aromatic carbocycles. The number of piperidine rings is 1. The molecular formula is C23H34N4OS. The highest BCUT2D eigenvalue weighted by molar-refractivity contribution is 7.15.